The van der Waals surface area contributed by atoms with E-state index in [9.17, 15) is 0 Å². The van der Waals surface area contributed by atoms with E-state index in [-0.39, 0.29) is 6.04 Å². The summed E-state index contributed by atoms with van der Waals surface area (Å²) < 4.78 is 2.58. The highest BCUT2D eigenvalue weighted by Crippen LogP contribution is 2.30. The molecule has 0 aliphatic carbocycles. The van der Waals surface area contributed by atoms with Gasteiger partial charge in [-0.25, -0.2) is 0 Å². The first-order chi connectivity index (χ1) is 9.22. The topological polar surface area (TPSA) is 26.0 Å². The maximum Gasteiger partial charge on any atom is 0.0431 e. The van der Waals surface area contributed by atoms with Crippen LogP contribution >= 0.6 is 33.9 Å². The first-order valence-corrected chi connectivity index (χ1v) is 8.10. The summed E-state index contributed by atoms with van der Waals surface area (Å²) in [6.07, 6.45) is 0.893. The predicted octanol–water partition coefficient (Wildman–Crippen LogP) is 4.75. The van der Waals surface area contributed by atoms with Crippen LogP contribution in [0.5, 0.6) is 0 Å². The number of benzene rings is 2. The van der Waals surface area contributed by atoms with E-state index in [0.29, 0.717) is 0 Å². The van der Waals surface area contributed by atoms with Gasteiger partial charge in [0.2, 0.25) is 0 Å². The lowest BCUT2D eigenvalue weighted by Crippen LogP contribution is -2.11. The van der Waals surface area contributed by atoms with Gasteiger partial charge in [-0.05, 0) is 64.2 Å². The number of rotatable bonds is 3. The third-order valence-electron chi connectivity index (χ3n) is 3.18. The fourth-order valence-electron chi connectivity index (χ4n) is 2.16. The Morgan fingerprint density at radius 2 is 1.79 bits per heavy atom. The van der Waals surface area contributed by atoms with Gasteiger partial charge >= 0.3 is 0 Å². The van der Waals surface area contributed by atoms with Gasteiger partial charge in [0.15, 0.2) is 0 Å². The Labute approximate surface area is 130 Å². The third-order valence-corrected chi connectivity index (χ3v) is 5.15. The second-order valence-corrected chi connectivity index (χ2v) is 6.98. The minimum absolute atomic E-state index is 0.0810. The average Bonchev–Trinajstić information content (AvgIpc) is 2.85. The maximum atomic E-state index is 6.34. The van der Waals surface area contributed by atoms with Gasteiger partial charge in [-0.1, -0.05) is 30.3 Å². The highest BCUT2D eigenvalue weighted by Gasteiger charge is 2.10. The van der Waals surface area contributed by atoms with Crippen molar-refractivity contribution in [3.8, 4) is 0 Å². The van der Waals surface area contributed by atoms with Gasteiger partial charge in [-0.2, -0.15) is 0 Å². The summed E-state index contributed by atoms with van der Waals surface area (Å²) >= 11 is 4.12. The number of hydrogen-bond donors (Lipinski definition) is 1. The van der Waals surface area contributed by atoms with E-state index in [1.807, 2.05) is 0 Å². The number of fused-ring (bicyclic) bond motifs is 1. The molecule has 0 saturated heterocycles. The van der Waals surface area contributed by atoms with Crippen molar-refractivity contribution < 1.29 is 0 Å². The van der Waals surface area contributed by atoms with Crippen molar-refractivity contribution in [3.63, 3.8) is 0 Å². The molecule has 1 aromatic heterocycles. The highest BCUT2D eigenvalue weighted by molar-refractivity contribution is 14.1. The summed E-state index contributed by atoms with van der Waals surface area (Å²) in [6.45, 7) is 0. The third kappa shape index (κ3) is 2.99. The van der Waals surface area contributed by atoms with Crippen molar-refractivity contribution in [2.45, 2.75) is 12.5 Å². The largest absolute Gasteiger partial charge is 0.323 e. The van der Waals surface area contributed by atoms with Gasteiger partial charge < -0.3 is 5.73 Å². The van der Waals surface area contributed by atoms with Crippen LogP contribution in [0.2, 0.25) is 0 Å². The summed E-state index contributed by atoms with van der Waals surface area (Å²) in [5, 5.41) is 1.29. The molecule has 0 aliphatic heterocycles. The van der Waals surface area contributed by atoms with Gasteiger partial charge in [-0.3, -0.25) is 0 Å². The second-order valence-electron chi connectivity index (χ2n) is 4.62. The van der Waals surface area contributed by atoms with E-state index < -0.39 is 0 Å². The number of hydrogen-bond acceptors (Lipinski definition) is 2. The van der Waals surface area contributed by atoms with Crippen LogP contribution in [-0.2, 0) is 6.42 Å². The second kappa shape index (κ2) is 5.61. The quantitative estimate of drug-likeness (QED) is 0.653. The lowest BCUT2D eigenvalue weighted by atomic mass is 10.1. The summed E-state index contributed by atoms with van der Waals surface area (Å²) in [7, 11) is 0. The zero-order valence-electron chi connectivity index (χ0n) is 10.3. The molecule has 3 rings (SSSR count). The van der Waals surface area contributed by atoms with Crippen LogP contribution in [0.15, 0.2) is 54.6 Å². The highest BCUT2D eigenvalue weighted by atomic mass is 127. The van der Waals surface area contributed by atoms with Gasteiger partial charge in [0, 0.05) is 19.2 Å². The Hall–Kier alpha value is -0.910. The molecule has 2 aromatic carbocycles. The molecule has 1 heterocycles. The van der Waals surface area contributed by atoms with Gasteiger partial charge in [0.1, 0.15) is 0 Å². The first-order valence-electron chi connectivity index (χ1n) is 6.21. The summed E-state index contributed by atoms with van der Waals surface area (Å²) in [5.74, 6) is 0. The number of halogens is 1. The van der Waals surface area contributed by atoms with E-state index in [1.54, 1.807) is 11.3 Å². The van der Waals surface area contributed by atoms with Gasteiger partial charge in [0.05, 0.1) is 0 Å². The summed E-state index contributed by atoms with van der Waals surface area (Å²) in [6, 6.07) is 19.3. The molecule has 0 fully saturated rings. The van der Waals surface area contributed by atoms with Crippen LogP contribution in [0.25, 0.3) is 10.1 Å². The van der Waals surface area contributed by atoms with Crippen molar-refractivity contribution in [3.05, 3.63) is 68.6 Å². The van der Waals surface area contributed by atoms with E-state index >= 15 is 0 Å². The lowest BCUT2D eigenvalue weighted by Gasteiger charge is -2.09. The van der Waals surface area contributed by atoms with Gasteiger partial charge in [-0.15, -0.1) is 11.3 Å². The Morgan fingerprint density at radius 3 is 2.53 bits per heavy atom. The van der Waals surface area contributed by atoms with Crippen LogP contribution in [-0.4, -0.2) is 0 Å². The molecule has 0 bridgehead atoms. The minimum atomic E-state index is 0.0810. The van der Waals surface area contributed by atoms with Crippen LogP contribution in [0.1, 0.15) is 16.5 Å². The molecule has 0 radical (unpaired) electrons. The average molecular weight is 379 g/mol. The maximum absolute atomic E-state index is 6.34. The van der Waals surface area contributed by atoms with Crippen LogP contribution in [0.3, 0.4) is 0 Å². The Balaban J connectivity index is 1.83. The molecule has 1 nitrogen and oxygen atoms in total. The first kappa shape index (κ1) is 13.1. The smallest absolute Gasteiger partial charge is 0.0431 e. The van der Waals surface area contributed by atoms with Crippen LogP contribution in [0, 0.1) is 3.57 Å². The van der Waals surface area contributed by atoms with Crippen molar-refractivity contribution in [2.75, 3.05) is 0 Å². The van der Waals surface area contributed by atoms with Gasteiger partial charge in [0.25, 0.3) is 0 Å². The summed E-state index contributed by atoms with van der Waals surface area (Å²) in [4.78, 5) is 1.26. The molecular formula is C16H14INS. The molecule has 96 valence electrons. The fraction of sp³-hybridized carbons (Fsp3) is 0.125. The Kier molecular flexibility index (Phi) is 3.86. The minimum Gasteiger partial charge on any atom is -0.323 e. The molecule has 0 saturated carbocycles. The summed E-state index contributed by atoms with van der Waals surface area (Å²) in [5.41, 5.74) is 7.63. The molecule has 19 heavy (non-hydrogen) atoms. The molecular weight excluding hydrogens is 365 g/mol. The van der Waals surface area contributed by atoms with Crippen molar-refractivity contribution in [1.82, 2.24) is 0 Å². The van der Waals surface area contributed by atoms with E-state index in [1.165, 1.54) is 24.1 Å². The zero-order chi connectivity index (χ0) is 13.2. The molecule has 3 aromatic rings. The van der Waals surface area contributed by atoms with E-state index in [2.05, 4.69) is 77.2 Å². The number of nitrogens with two attached hydrogens (primary N) is 1. The molecule has 0 amide bonds. The van der Waals surface area contributed by atoms with E-state index in [4.69, 9.17) is 5.73 Å². The Morgan fingerprint density at radius 1 is 1.05 bits per heavy atom. The SMILES string of the molecule is NC(Cc1ccc(I)cc1)c1cc2ccccc2s1. The van der Waals surface area contributed by atoms with Crippen molar-refractivity contribution >= 4 is 44.0 Å². The predicted molar refractivity (Wildman–Crippen MR) is 91.6 cm³/mol. The van der Waals surface area contributed by atoms with Crippen LogP contribution in [0.4, 0.5) is 0 Å². The molecule has 0 spiro atoms. The van der Waals surface area contributed by atoms with Crippen LogP contribution < -0.4 is 5.73 Å². The standard InChI is InChI=1S/C16H14INS/c17-13-7-5-11(6-8-13)9-14(18)16-10-12-3-1-2-4-15(12)19-16/h1-8,10,14H,9,18H2. The van der Waals surface area contributed by atoms with Crippen molar-refractivity contribution in [2.24, 2.45) is 5.73 Å². The monoisotopic (exact) mass is 379 g/mol. The number of thiophene rings is 1. The molecule has 1 atom stereocenters. The zero-order valence-corrected chi connectivity index (χ0v) is 13.3. The Bertz CT molecular complexity index is 654. The lowest BCUT2D eigenvalue weighted by molar-refractivity contribution is 0.737. The normalized spacial score (nSPS) is 12.7. The molecule has 2 N–H and O–H groups in total. The van der Waals surface area contributed by atoms with Crippen molar-refractivity contribution in [1.29, 1.82) is 0 Å². The molecule has 1 unspecified atom stereocenters. The fourth-order valence-corrected chi connectivity index (χ4v) is 3.59. The molecule has 0 aliphatic rings. The van der Waals surface area contributed by atoms with E-state index in [0.717, 1.165) is 6.42 Å². The molecule has 3 heteroatoms.